The van der Waals surface area contributed by atoms with Crippen molar-refractivity contribution in [2.75, 3.05) is 11.1 Å². The number of hydrogen-bond donors (Lipinski definition) is 1. The van der Waals surface area contributed by atoms with Gasteiger partial charge in [-0.25, -0.2) is 9.37 Å². The number of nitro groups is 1. The van der Waals surface area contributed by atoms with E-state index >= 15 is 0 Å². The summed E-state index contributed by atoms with van der Waals surface area (Å²) in [4.78, 5) is 27.4. The van der Waals surface area contributed by atoms with E-state index in [0.717, 1.165) is 16.9 Å². The summed E-state index contributed by atoms with van der Waals surface area (Å²) in [6.45, 7) is 0. The van der Waals surface area contributed by atoms with Crippen molar-refractivity contribution in [1.82, 2.24) is 19.7 Å². The van der Waals surface area contributed by atoms with Gasteiger partial charge in [0.25, 0.3) is 5.69 Å². The van der Waals surface area contributed by atoms with E-state index in [1.54, 1.807) is 22.8 Å². The van der Waals surface area contributed by atoms with Gasteiger partial charge in [0.05, 0.1) is 20.9 Å². The second kappa shape index (κ2) is 9.60. The lowest BCUT2D eigenvalue weighted by atomic mass is 10.2. The molecule has 0 fully saturated rings. The third-order valence-corrected chi connectivity index (χ3v) is 6.77. The molecule has 0 saturated heterocycles. The summed E-state index contributed by atoms with van der Waals surface area (Å²) in [6, 6.07) is 19.7. The molecule has 5 rings (SSSR count). The number of hydrogen-bond acceptors (Lipinski definition) is 8. The molecule has 2 aromatic heterocycles. The van der Waals surface area contributed by atoms with E-state index in [2.05, 4.69) is 20.5 Å². The Morgan fingerprint density at radius 3 is 2.60 bits per heavy atom. The van der Waals surface area contributed by atoms with Crippen LogP contribution in [0.25, 0.3) is 27.3 Å². The van der Waals surface area contributed by atoms with Gasteiger partial charge in [0.15, 0.2) is 16.1 Å². The molecule has 5 aromatic rings. The summed E-state index contributed by atoms with van der Waals surface area (Å²) in [7, 11) is 0. The summed E-state index contributed by atoms with van der Waals surface area (Å²) >= 11 is 2.33. The average Bonchev–Trinajstić information content (AvgIpc) is 3.47. The number of carbonyl (C=O) groups is 1. The van der Waals surface area contributed by atoms with Crippen LogP contribution in [-0.4, -0.2) is 36.3 Å². The zero-order chi connectivity index (χ0) is 24.4. The maximum atomic E-state index is 13.5. The van der Waals surface area contributed by atoms with Gasteiger partial charge in [-0.2, -0.15) is 0 Å². The Balaban J connectivity index is 1.36. The van der Waals surface area contributed by atoms with Crippen LogP contribution in [0.2, 0.25) is 0 Å². The molecule has 3 aromatic carbocycles. The molecule has 0 aliphatic heterocycles. The predicted molar refractivity (Wildman–Crippen MR) is 132 cm³/mol. The summed E-state index contributed by atoms with van der Waals surface area (Å²) in [5.74, 6) is -0.103. The van der Waals surface area contributed by atoms with Crippen LogP contribution in [0.15, 0.2) is 78.0 Å². The predicted octanol–water partition coefficient (Wildman–Crippen LogP) is 5.32. The molecule has 0 aliphatic carbocycles. The fourth-order valence-corrected chi connectivity index (χ4v) is 4.99. The molecule has 0 atom stereocenters. The Kier molecular flexibility index (Phi) is 6.21. The van der Waals surface area contributed by atoms with Gasteiger partial charge in [-0.15, -0.1) is 10.2 Å². The van der Waals surface area contributed by atoms with Crippen LogP contribution < -0.4 is 5.32 Å². The standard InChI is InChI=1S/C23H15FN6O3S2/c24-15-6-8-16(9-7-15)29-21(14-4-2-1-3-5-14)27-28-23(29)34-13-20(31)26-22-25-18-11-10-17(30(32)33)12-19(18)35-22/h1-12H,13H2,(H,25,26,31). The number of aromatic nitrogens is 4. The second-order valence-corrected chi connectivity index (χ2v) is 9.22. The fourth-order valence-electron chi connectivity index (χ4n) is 3.33. The number of thiazole rings is 1. The molecule has 2 heterocycles. The Morgan fingerprint density at radius 2 is 1.86 bits per heavy atom. The van der Waals surface area contributed by atoms with Gasteiger partial charge in [-0.05, 0) is 30.3 Å². The highest BCUT2D eigenvalue weighted by Crippen LogP contribution is 2.30. The van der Waals surface area contributed by atoms with Crippen LogP contribution in [0.3, 0.4) is 0 Å². The minimum absolute atomic E-state index is 0.0180. The molecule has 0 saturated carbocycles. The smallest absolute Gasteiger partial charge is 0.270 e. The van der Waals surface area contributed by atoms with Gasteiger partial charge in [0, 0.05) is 23.4 Å². The van der Waals surface area contributed by atoms with Crippen molar-refractivity contribution < 1.29 is 14.1 Å². The number of rotatable bonds is 7. The molecule has 35 heavy (non-hydrogen) atoms. The molecule has 0 bridgehead atoms. The van der Waals surface area contributed by atoms with E-state index in [4.69, 9.17) is 0 Å². The first kappa shape index (κ1) is 22.6. The molecule has 0 aliphatic rings. The van der Waals surface area contributed by atoms with Crippen molar-refractivity contribution in [3.63, 3.8) is 0 Å². The number of thioether (sulfide) groups is 1. The number of halogens is 1. The number of nitro benzene ring substituents is 1. The highest BCUT2D eigenvalue weighted by Gasteiger charge is 2.18. The van der Waals surface area contributed by atoms with Gasteiger partial charge < -0.3 is 5.32 Å². The highest BCUT2D eigenvalue weighted by atomic mass is 32.2. The molecule has 12 heteroatoms. The maximum Gasteiger partial charge on any atom is 0.270 e. The van der Waals surface area contributed by atoms with Crippen LogP contribution in [0.5, 0.6) is 0 Å². The van der Waals surface area contributed by atoms with E-state index in [-0.39, 0.29) is 23.2 Å². The van der Waals surface area contributed by atoms with Crippen molar-refractivity contribution in [2.24, 2.45) is 0 Å². The Morgan fingerprint density at radius 1 is 1.09 bits per heavy atom. The summed E-state index contributed by atoms with van der Waals surface area (Å²) in [5, 5.41) is 23.1. The monoisotopic (exact) mass is 506 g/mol. The first-order valence-electron chi connectivity index (χ1n) is 10.2. The van der Waals surface area contributed by atoms with Gasteiger partial charge in [-0.1, -0.05) is 53.4 Å². The normalized spacial score (nSPS) is 11.0. The SMILES string of the molecule is O=C(CSc1nnc(-c2ccccc2)n1-c1ccc(F)cc1)Nc1nc2ccc([N+](=O)[O-])cc2s1. The molecule has 9 nitrogen and oxygen atoms in total. The lowest BCUT2D eigenvalue weighted by Crippen LogP contribution is -2.14. The van der Waals surface area contributed by atoms with Crippen LogP contribution in [-0.2, 0) is 4.79 Å². The van der Waals surface area contributed by atoms with Crippen molar-refractivity contribution in [3.05, 3.63) is 88.7 Å². The molecular weight excluding hydrogens is 491 g/mol. The van der Waals surface area contributed by atoms with Crippen molar-refractivity contribution in [3.8, 4) is 17.1 Å². The molecule has 0 unspecified atom stereocenters. The number of benzene rings is 3. The van der Waals surface area contributed by atoms with Crippen molar-refractivity contribution >= 4 is 50.0 Å². The van der Waals surface area contributed by atoms with Crippen molar-refractivity contribution in [2.45, 2.75) is 5.16 Å². The summed E-state index contributed by atoms with van der Waals surface area (Å²) in [6.07, 6.45) is 0. The number of non-ortho nitro benzene ring substituents is 1. The van der Waals surface area contributed by atoms with Crippen molar-refractivity contribution in [1.29, 1.82) is 0 Å². The number of fused-ring (bicyclic) bond motifs is 1. The lowest BCUT2D eigenvalue weighted by Gasteiger charge is -2.10. The largest absolute Gasteiger partial charge is 0.301 e. The van der Waals surface area contributed by atoms with E-state index in [9.17, 15) is 19.3 Å². The van der Waals surface area contributed by atoms with Crippen LogP contribution in [0, 0.1) is 15.9 Å². The lowest BCUT2D eigenvalue weighted by molar-refractivity contribution is -0.384. The summed E-state index contributed by atoms with van der Waals surface area (Å²) in [5.41, 5.74) is 2.01. The summed E-state index contributed by atoms with van der Waals surface area (Å²) < 4.78 is 15.9. The third kappa shape index (κ3) is 4.88. The first-order valence-corrected chi connectivity index (χ1v) is 12.0. The van der Waals surface area contributed by atoms with Gasteiger partial charge in [-0.3, -0.25) is 19.5 Å². The minimum atomic E-state index is -0.477. The maximum absolute atomic E-state index is 13.5. The van der Waals surface area contributed by atoms with Crippen LogP contribution in [0.4, 0.5) is 15.2 Å². The Bertz CT molecular complexity index is 1540. The van der Waals surface area contributed by atoms with Gasteiger partial charge in [0.1, 0.15) is 5.82 Å². The first-order chi connectivity index (χ1) is 17.0. The number of carbonyl (C=O) groups excluding carboxylic acids is 1. The molecular formula is C23H15FN6O3S2. The number of nitrogens with zero attached hydrogens (tertiary/aromatic N) is 5. The zero-order valence-corrected chi connectivity index (χ0v) is 19.4. The average molecular weight is 507 g/mol. The topological polar surface area (TPSA) is 116 Å². The molecule has 0 spiro atoms. The molecule has 0 radical (unpaired) electrons. The minimum Gasteiger partial charge on any atom is -0.301 e. The zero-order valence-electron chi connectivity index (χ0n) is 17.8. The molecule has 1 N–H and O–H groups in total. The van der Waals surface area contributed by atoms with Crippen LogP contribution in [0.1, 0.15) is 0 Å². The molecule has 1 amide bonds. The van der Waals surface area contributed by atoms with E-state index in [1.165, 1.54) is 36.0 Å². The second-order valence-electron chi connectivity index (χ2n) is 7.25. The number of anilines is 1. The van der Waals surface area contributed by atoms with E-state index < -0.39 is 4.92 Å². The van der Waals surface area contributed by atoms with E-state index in [1.807, 2.05) is 30.3 Å². The highest BCUT2D eigenvalue weighted by molar-refractivity contribution is 7.99. The van der Waals surface area contributed by atoms with Gasteiger partial charge in [0.2, 0.25) is 5.91 Å². The quantitative estimate of drug-likeness (QED) is 0.180. The number of amides is 1. The van der Waals surface area contributed by atoms with Gasteiger partial charge >= 0.3 is 0 Å². The molecule has 174 valence electrons. The van der Waals surface area contributed by atoms with E-state index in [0.29, 0.717) is 32.0 Å². The Hall–Kier alpha value is -4.16. The third-order valence-electron chi connectivity index (χ3n) is 4.91. The number of nitrogens with one attached hydrogen (secondary N) is 1. The Labute approximate surface area is 205 Å². The fraction of sp³-hybridized carbons (Fsp3) is 0.0435. The van der Waals surface area contributed by atoms with Crippen LogP contribution >= 0.6 is 23.1 Å².